The number of benzene rings is 2. The van der Waals surface area contributed by atoms with Crippen molar-refractivity contribution in [1.29, 1.82) is 0 Å². The minimum absolute atomic E-state index is 0.829. The number of rotatable bonds is 6. The predicted molar refractivity (Wildman–Crippen MR) is 119 cm³/mol. The SMILES string of the molecule is CN(C)c1ccc(C(=NN=Cc2cccnc2)c2ccc(N(C)C)cc2)cc1. The van der Waals surface area contributed by atoms with Gasteiger partial charge in [0.2, 0.25) is 0 Å². The second-order valence-corrected chi connectivity index (χ2v) is 6.86. The van der Waals surface area contributed by atoms with Crippen molar-refractivity contribution in [2.45, 2.75) is 0 Å². The number of nitrogens with zero attached hydrogens (tertiary/aromatic N) is 5. The average Bonchev–Trinajstić information content (AvgIpc) is 2.72. The maximum atomic E-state index is 4.54. The molecule has 5 heteroatoms. The fourth-order valence-electron chi connectivity index (χ4n) is 2.72. The van der Waals surface area contributed by atoms with Gasteiger partial charge in [0, 0.05) is 68.6 Å². The van der Waals surface area contributed by atoms with E-state index in [2.05, 4.69) is 73.5 Å². The summed E-state index contributed by atoms with van der Waals surface area (Å²) in [6.07, 6.45) is 5.22. The summed E-state index contributed by atoms with van der Waals surface area (Å²) in [4.78, 5) is 8.25. The lowest BCUT2D eigenvalue weighted by molar-refractivity contribution is 1.13. The number of anilines is 2. The fraction of sp³-hybridized carbons (Fsp3) is 0.174. The van der Waals surface area contributed by atoms with E-state index in [9.17, 15) is 0 Å². The first kappa shape index (κ1) is 19.3. The van der Waals surface area contributed by atoms with Crippen LogP contribution in [0.4, 0.5) is 11.4 Å². The molecule has 0 bridgehead atoms. The molecule has 0 saturated carbocycles. The molecule has 0 atom stereocenters. The standard InChI is InChI=1S/C23H25N5/c1-27(2)21-11-7-19(8-12-21)23(20-9-13-22(14-10-20)28(3)4)26-25-17-18-6-5-15-24-16-18/h5-17H,1-4H3. The smallest absolute Gasteiger partial charge is 0.100 e. The van der Waals surface area contributed by atoms with Gasteiger partial charge < -0.3 is 9.80 Å². The summed E-state index contributed by atoms with van der Waals surface area (Å²) in [6, 6.07) is 20.5. The first-order valence-corrected chi connectivity index (χ1v) is 9.11. The molecule has 0 fully saturated rings. The van der Waals surface area contributed by atoms with E-state index < -0.39 is 0 Å². The normalized spacial score (nSPS) is 10.7. The maximum Gasteiger partial charge on any atom is 0.100 e. The van der Waals surface area contributed by atoms with Gasteiger partial charge >= 0.3 is 0 Å². The molecular weight excluding hydrogens is 346 g/mol. The van der Waals surface area contributed by atoms with Crippen LogP contribution in [-0.4, -0.2) is 45.1 Å². The van der Waals surface area contributed by atoms with Gasteiger partial charge in [-0.25, -0.2) is 0 Å². The number of hydrogen-bond acceptors (Lipinski definition) is 5. The lowest BCUT2D eigenvalue weighted by atomic mass is 10.0. The number of hydrogen-bond donors (Lipinski definition) is 0. The Bertz CT molecular complexity index is 887. The van der Waals surface area contributed by atoms with Crippen molar-refractivity contribution in [3.8, 4) is 0 Å². The van der Waals surface area contributed by atoms with Crippen LogP contribution in [0.25, 0.3) is 0 Å². The van der Waals surface area contributed by atoms with Crippen LogP contribution in [0.3, 0.4) is 0 Å². The van der Waals surface area contributed by atoms with Gasteiger partial charge in [0.1, 0.15) is 5.71 Å². The molecule has 142 valence electrons. The molecule has 2 aromatic carbocycles. The molecule has 0 radical (unpaired) electrons. The molecule has 0 N–H and O–H groups in total. The van der Waals surface area contributed by atoms with Gasteiger partial charge in [-0.05, 0) is 30.3 Å². The summed E-state index contributed by atoms with van der Waals surface area (Å²) in [5, 5.41) is 8.85. The van der Waals surface area contributed by atoms with E-state index in [0.717, 1.165) is 33.8 Å². The van der Waals surface area contributed by atoms with Crippen LogP contribution >= 0.6 is 0 Å². The van der Waals surface area contributed by atoms with Gasteiger partial charge in [-0.2, -0.15) is 5.10 Å². The first-order valence-electron chi connectivity index (χ1n) is 9.11. The van der Waals surface area contributed by atoms with Crippen molar-refractivity contribution in [3.63, 3.8) is 0 Å². The molecule has 3 aromatic rings. The molecule has 0 spiro atoms. The third kappa shape index (κ3) is 4.82. The summed E-state index contributed by atoms with van der Waals surface area (Å²) < 4.78 is 0. The molecular formula is C23H25N5. The monoisotopic (exact) mass is 371 g/mol. The summed E-state index contributed by atoms with van der Waals surface area (Å²) in [5.41, 5.74) is 6.07. The van der Waals surface area contributed by atoms with Crippen LogP contribution in [0.2, 0.25) is 0 Å². The molecule has 0 aliphatic heterocycles. The van der Waals surface area contributed by atoms with Crippen molar-refractivity contribution in [3.05, 3.63) is 89.7 Å². The minimum atomic E-state index is 0.829. The highest BCUT2D eigenvalue weighted by molar-refractivity contribution is 6.13. The van der Waals surface area contributed by atoms with Crippen molar-refractivity contribution in [1.82, 2.24) is 4.98 Å². The Morgan fingerprint density at radius 2 is 1.32 bits per heavy atom. The molecule has 0 aliphatic carbocycles. The third-order valence-electron chi connectivity index (χ3n) is 4.36. The molecule has 3 rings (SSSR count). The molecule has 0 aliphatic rings. The highest BCUT2D eigenvalue weighted by Crippen LogP contribution is 2.19. The largest absolute Gasteiger partial charge is 0.378 e. The molecule has 1 heterocycles. The van der Waals surface area contributed by atoms with Gasteiger partial charge in [-0.3, -0.25) is 4.98 Å². The summed E-state index contributed by atoms with van der Waals surface area (Å²) >= 11 is 0. The van der Waals surface area contributed by atoms with Crippen LogP contribution in [0.1, 0.15) is 16.7 Å². The van der Waals surface area contributed by atoms with Gasteiger partial charge in [0.05, 0.1) is 6.21 Å². The van der Waals surface area contributed by atoms with Crippen LogP contribution in [-0.2, 0) is 0 Å². The average molecular weight is 371 g/mol. The topological polar surface area (TPSA) is 44.1 Å². The predicted octanol–water partition coefficient (Wildman–Crippen LogP) is 4.09. The fourth-order valence-corrected chi connectivity index (χ4v) is 2.72. The van der Waals surface area contributed by atoms with E-state index in [-0.39, 0.29) is 0 Å². The van der Waals surface area contributed by atoms with Crippen molar-refractivity contribution in [2.75, 3.05) is 38.0 Å². The number of pyridine rings is 1. The molecule has 0 saturated heterocycles. The zero-order valence-corrected chi connectivity index (χ0v) is 16.7. The Kier molecular flexibility index (Phi) is 6.17. The Morgan fingerprint density at radius 3 is 1.75 bits per heavy atom. The summed E-state index contributed by atoms with van der Waals surface area (Å²) in [5.74, 6) is 0. The van der Waals surface area contributed by atoms with Crippen molar-refractivity contribution >= 4 is 23.3 Å². The van der Waals surface area contributed by atoms with Gasteiger partial charge in [-0.15, -0.1) is 5.10 Å². The van der Waals surface area contributed by atoms with Crippen molar-refractivity contribution in [2.24, 2.45) is 10.2 Å². The highest BCUT2D eigenvalue weighted by Gasteiger charge is 2.08. The van der Waals surface area contributed by atoms with E-state index in [1.54, 1.807) is 18.6 Å². The van der Waals surface area contributed by atoms with E-state index in [0.29, 0.717) is 0 Å². The Hall–Kier alpha value is -3.47. The molecule has 0 unspecified atom stereocenters. The minimum Gasteiger partial charge on any atom is -0.378 e. The Balaban J connectivity index is 1.97. The van der Waals surface area contributed by atoms with Crippen molar-refractivity contribution < 1.29 is 0 Å². The van der Waals surface area contributed by atoms with Gasteiger partial charge in [0.15, 0.2) is 0 Å². The third-order valence-corrected chi connectivity index (χ3v) is 4.36. The summed E-state index contributed by atoms with van der Waals surface area (Å²) in [7, 11) is 8.12. The molecule has 28 heavy (non-hydrogen) atoms. The molecule has 0 amide bonds. The van der Waals surface area contributed by atoms with Crippen LogP contribution in [0, 0.1) is 0 Å². The van der Waals surface area contributed by atoms with Gasteiger partial charge in [-0.1, -0.05) is 30.3 Å². The molecule has 5 nitrogen and oxygen atoms in total. The summed E-state index contributed by atoms with van der Waals surface area (Å²) in [6.45, 7) is 0. The molecule has 1 aromatic heterocycles. The Labute approximate surface area is 166 Å². The second kappa shape index (κ2) is 8.95. The first-order chi connectivity index (χ1) is 13.5. The zero-order chi connectivity index (χ0) is 19.9. The number of aromatic nitrogens is 1. The quantitative estimate of drug-likeness (QED) is 0.484. The van der Waals surface area contributed by atoms with Crippen LogP contribution in [0.5, 0.6) is 0 Å². The van der Waals surface area contributed by atoms with E-state index in [1.165, 1.54) is 0 Å². The maximum absolute atomic E-state index is 4.54. The van der Waals surface area contributed by atoms with Crippen LogP contribution in [0.15, 0.2) is 83.3 Å². The van der Waals surface area contributed by atoms with E-state index in [4.69, 9.17) is 0 Å². The van der Waals surface area contributed by atoms with Gasteiger partial charge in [0.25, 0.3) is 0 Å². The van der Waals surface area contributed by atoms with Crippen LogP contribution < -0.4 is 9.80 Å². The Morgan fingerprint density at radius 1 is 0.786 bits per heavy atom. The highest BCUT2D eigenvalue weighted by atomic mass is 15.2. The van der Waals surface area contributed by atoms with E-state index >= 15 is 0 Å². The lowest BCUT2D eigenvalue weighted by Gasteiger charge is -2.15. The van der Waals surface area contributed by atoms with E-state index in [1.807, 2.05) is 40.3 Å². The lowest BCUT2D eigenvalue weighted by Crippen LogP contribution is -2.10. The second-order valence-electron chi connectivity index (χ2n) is 6.86. The zero-order valence-electron chi connectivity index (χ0n) is 16.7.